The first-order valence-electron chi connectivity index (χ1n) is 5.92. The van der Waals surface area contributed by atoms with Crippen LogP contribution in [0.25, 0.3) is 32.7 Å². The summed E-state index contributed by atoms with van der Waals surface area (Å²) in [5.74, 6) is 0. The van der Waals surface area contributed by atoms with Crippen molar-refractivity contribution in [1.29, 1.82) is 0 Å². The zero-order chi connectivity index (χ0) is 13.0. The van der Waals surface area contributed by atoms with E-state index in [1.165, 1.54) is 10.8 Å². The summed E-state index contributed by atoms with van der Waals surface area (Å²) in [5.41, 5.74) is 1.73. The summed E-state index contributed by atoms with van der Waals surface area (Å²) in [4.78, 5) is 0. The summed E-state index contributed by atoms with van der Waals surface area (Å²) >= 11 is 9.63. The van der Waals surface area contributed by atoms with Crippen molar-refractivity contribution in [1.82, 2.24) is 0 Å². The van der Waals surface area contributed by atoms with Gasteiger partial charge in [-0.2, -0.15) is 0 Å². The highest BCUT2D eigenvalue weighted by atomic mass is 79.9. The van der Waals surface area contributed by atoms with E-state index in [1.54, 1.807) is 0 Å². The van der Waals surface area contributed by atoms with Crippen LogP contribution >= 0.6 is 27.5 Å². The van der Waals surface area contributed by atoms with Crippen LogP contribution in [-0.4, -0.2) is 0 Å². The molecule has 0 aliphatic rings. The van der Waals surface area contributed by atoms with Gasteiger partial charge in [0.25, 0.3) is 0 Å². The summed E-state index contributed by atoms with van der Waals surface area (Å²) in [7, 11) is 0. The molecule has 4 rings (SSSR count). The normalized spacial score (nSPS) is 11.7. The van der Waals surface area contributed by atoms with Gasteiger partial charge in [-0.1, -0.05) is 35.9 Å². The van der Waals surface area contributed by atoms with Crippen molar-refractivity contribution < 1.29 is 4.42 Å². The second-order valence-corrected chi connectivity index (χ2v) is 5.85. The third-order valence-electron chi connectivity index (χ3n) is 3.36. The maximum atomic E-state index is 6.13. The van der Waals surface area contributed by atoms with Crippen molar-refractivity contribution in [3.63, 3.8) is 0 Å². The fourth-order valence-electron chi connectivity index (χ4n) is 2.49. The number of fused-ring (bicyclic) bond motifs is 4. The minimum atomic E-state index is 0.704. The SMILES string of the molecule is Clc1cc(Br)c2oc3cc4ccccc4cc3c2c1. The molecule has 92 valence electrons. The minimum Gasteiger partial charge on any atom is -0.455 e. The lowest BCUT2D eigenvalue weighted by Crippen LogP contribution is -1.72. The van der Waals surface area contributed by atoms with Gasteiger partial charge in [-0.3, -0.25) is 0 Å². The molecule has 0 aliphatic heterocycles. The van der Waals surface area contributed by atoms with Gasteiger partial charge in [0.2, 0.25) is 0 Å². The van der Waals surface area contributed by atoms with E-state index in [-0.39, 0.29) is 0 Å². The van der Waals surface area contributed by atoms with Gasteiger partial charge >= 0.3 is 0 Å². The highest BCUT2D eigenvalue weighted by molar-refractivity contribution is 9.10. The zero-order valence-corrected chi connectivity index (χ0v) is 12.1. The van der Waals surface area contributed by atoms with Crippen molar-refractivity contribution in [2.45, 2.75) is 0 Å². The summed E-state index contributed by atoms with van der Waals surface area (Å²) < 4.78 is 6.83. The second kappa shape index (κ2) is 3.99. The van der Waals surface area contributed by atoms with Crippen molar-refractivity contribution in [3.8, 4) is 0 Å². The van der Waals surface area contributed by atoms with Crippen LogP contribution in [-0.2, 0) is 0 Å². The van der Waals surface area contributed by atoms with E-state index >= 15 is 0 Å². The summed E-state index contributed by atoms with van der Waals surface area (Å²) in [6, 6.07) is 16.3. The predicted octanol–water partition coefficient (Wildman–Crippen LogP) is 6.16. The fraction of sp³-hybridized carbons (Fsp3) is 0. The maximum absolute atomic E-state index is 6.13. The first-order chi connectivity index (χ1) is 9.22. The molecule has 0 saturated carbocycles. The van der Waals surface area contributed by atoms with E-state index < -0.39 is 0 Å². The van der Waals surface area contributed by atoms with E-state index in [0.29, 0.717) is 5.02 Å². The Bertz CT molecular complexity index is 940. The molecule has 4 aromatic rings. The van der Waals surface area contributed by atoms with Gasteiger partial charge in [-0.25, -0.2) is 0 Å². The maximum Gasteiger partial charge on any atom is 0.149 e. The third kappa shape index (κ3) is 1.67. The average Bonchev–Trinajstić information content (AvgIpc) is 2.74. The number of rotatable bonds is 0. The van der Waals surface area contributed by atoms with Crippen LogP contribution in [0.1, 0.15) is 0 Å². The van der Waals surface area contributed by atoms with Gasteiger partial charge in [0, 0.05) is 15.8 Å². The van der Waals surface area contributed by atoms with Crippen LogP contribution in [0.4, 0.5) is 0 Å². The Labute approximate surface area is 122 Å². The smallest absolute Gasteiger partial charge is 0.149 e. The molecule has 0 bridgehead atoms. The number of hydrogen-bond donors (Lipinski definition) is 0. The first-order valence-corrected chi connectivity index (χ1v) is 7.09. The predicted molar refractivity (Wildman–Crippen MR) is 83.9 cm³/mol. The highest BCUT2D eigenvalue weighted by Gasteiger charge is 2.11. The number of furan rings is 1. The Kier molecular flexibility index (Phi) is 2.38. The van der Waals surface area contributed by atoms with Crippen LogP contribution in [0.2, 0.25) is 5.02 Å². The molecule has 1 heterocycles. The summed E-state index contributed by atoms with van der Waals surface area (Å²) in [5, 5.41) is 5.22. The van der Waals surface area contributed by atoms with Gasteiger partial charge in [0.05, 0.1) is 4.47 Å². The Morgan fingerprint density at radius 2 is 1.63 bits per heavy atom. The molecule has 1 aromatic heterocycles. The van der Waals surface area contributed by atoms with Gasteiger partial charge in [0.15, 0.2) is 0 Å². The molecular formula is C16H8BrClO. The summed E-state index contributed by atoms with van der Waals surface area (Å²) in [6.45, 7) is 0. The fourth-order valence-corrected chi connectivity index (χ4v) is 3.38. The molecule has 0 N–H and O–H groups in total. The van der Waals surface area contributed by atoms with Crippen LogP contribution in [0.3, 0.4) is 0 Å². The van der Waals surface area contributed by atoms with E-state index in [9.17, 15) is 0 Å². The van der Waals surface area contributed by atoms with Crippen molar-refractivity contribution in [2.24, 2.45) is 0 Å². The number of hydrogen-bond acceptors (Lipinski definition) is 1. The van der Waals surface area contributed by atoms with E-state index in [0.717, 1.165) is 26.4 Å². The molecule has 3 aromatic carbocycles. The van der Waals surface area contributed by atoms with E-state index in [4.69, 9.17) is 16.0 Å². The topological polar surface area (TPSA) is 13.1 Å². The second-order valence-electron chi connectivity index (χ2n) is 4.56. The molecule has 19 heavy (non-hydrogen) atoms. The molecule has 0 atom stereocenters. The largest absolute Gasteiger partial charge is 0.455 e. The molecule has 0 spiro atoms. The average molecular weight is 332 g/mol. The molecule has 0 saturated heterocycles. The van der Waals surface area contributed by atoms with Gasteiger partial charge in [0.1, 0.15) is 11.2 Å². The zero-order valence-electron chi connectivity index (χ0n) is 9.78. The Morgan fingerprint density at radius 1 is 0.895 bits per heavy atom. The quantitative estimate of drug-likeness (QED) is 0.376. The lowest BCUT2D eigenvalue weighted by molar-refractivity contribution is 0.667. The number of halogens is 2. The molecule has 1 nitrogen and oxygen atoms in total. The van der Waals surface area contributed by atoms with Gasteiger partial charge in [-0.15, -0.1) is 0 Å². The molecule has 0 fully saturated rings. The van der Waals surface area contributed by atoms with E-state index in [1.807, 2.05) is 24.3 Å². The van der Waals surface area contributed by atoms with Crippen molar-refractivity contribution >= 4 is 60.2 Å². The Balaban J connectivity index is 2.26. The molecule has 0 radical (unpaired) electrons. The van der Waals surface area contributed by atoms with Crippen LogP contribution in [0, 0.1) is 0 Å². The van der Waals surface area contributed by atoms with Gasteiger partial charge in [-0.05, 0) is 51.0 Å². The first kappa shape index (κ1) is 11.3. The molecule has 0 aliphatic carbocycles. The summed E-state index contributed by atoms with van der Waals surface area (Å²) in [6.07, 6.45) is 0. The lowest BCUT2D eigenvalue weighted by atomic mass is 10.1. The molecule has 0 amide bonds. The Hall–Kier alpha value is -1.51. The molecular weight excluding hydrogens is 324 g/mol. The van der Waals surface area contributed by atoms with Crippen molar-refractivity contribution in [2.75, 3.05) is 0 Å². The van der Waals surface area contributed by atoms with Gasteiger partial charge < -0.3 is 4.42 Å². The number of benzene rings is 3. The van der Waals surface area contributed by atoms with Crippen LogP contribution in [0.15, 0.2) is 57.4 Å². The lowest BCUT2D eigenvalue weighted by Gasteiger charge is -1.97. The Morgan fingerprint density at radius 3 is 2.42 bits per heavy atom. The van der Waals surface area contributed by atoms with E-state index in [2.05, 4.69) is 40.2 Å². The monoisotopic (exact) mass is 330 g/mol. The standard InChI is InChI=1S/C16H8BrClO/c17-14-8-11(18)7-13-12-5-9-3-1-2-4-10(9)6-15(12)19-16(13)14/h1-8H. The van der Waals surface area contributed by atoms with Crippen LogP contribution < -0.4 is 0 Å². The van der Waals surface area contributed by atoms with Crippen LogP contribution in [0.5, 0.6) is 0 Å². The highest BCUT2D eigenvalue weighted by Crippen LogP contribution is 2.37. The molecule has 0 unspecified atom stereocenters. The molecule has 3 heteroatoms. The third-order valence-corrected chi connectivity index (χ3v) is 4.17. The minimum absolute atomic E-state index is 0.704. The van der Waals surface area contributed by atoms with Crippen molar-refractivity contribution in [3.05, 3.63) is 58.0 Å².